The molecule has 0 unspecified atom stereocenters. The molecule has 0 saturated carbocycles. The number of aromatic nitrogens is 1. The Kier molecular flexibility index (Phi) is 5.24. The van der Waals surface area contributed by atoms with Crippen molar-refractivity contribution >= 4 is 22.9 Å². The molecule has 150 valence electrons. The summed E-state index contributed by atoms with van der Waals surface area (Å²) in [4.78, 5) is 30.6. The average molecular weight is 399 g/mol. The minimum atomic E-state index is -0.964. The molecule has 29 heavy (non-hydrogen) atoms. The highest BCUT2D eigenvalue weighted by atomic mass is 19.1. The Labute approximate surface area is 165 Å². The largest absolute Gasteiger partial charge is 0.440 e. The SMILES string of the molecule is O=C(NCC(=O)N1CCC(c2nc3ccccc3o2)CC1)c1ccc(F)cc1F. The van der Waals surface area contributed by atoms with Gasteiger partial charge in [-0.2, -0.15) is 0 Å². The van der Waals surface area contributed by atoms with Crippen molar-refractivity contribution in [3.8, 4) is 0 Å². The van der Waals surface area contributed by atoms with Gasteiger partial charge in [0.1, 0.15) is 17.2 Å². The predicted molar refractivity (Wildman–Crippen MR) is 101 cm³/mol. The zero-order valence-electron chi connectivity index (χ0n) is 15.5. The summed E-state index contributed by atoms with van der Waals surface area (Å²) >= 11 is 0. The molecule has 0 aliphatic carbocycles. The Hall–Kier alpha value is -3.29. The Morgan fingerprint density at radius 3 is 2.62 bits per heavy atom. The van der Waals surface area contributed by atoms with Crippen LogP contribution in [0.4, 0.5) is 8.78 Å². The van der Waals surface area contributed by atoms with Crippen LogP contribution in [-0.4, -0.2) is 41.3 Å². The zero-order chi connectivity index (χ0) is 20.4. The first-order chi connectivity index (χ1) is 14.0. The molecule has 8 heteroatoms. The molecule has 0 atom stereocenters. The highest BCUT2D eigenvalue weighted by Crippen LogP contribution is 2.29. The van der Waals surface area contributed by atoms with Gasteiger partial charge in [0, 0.05) is 25.1 Å². The molecule has 1 aliphatic heterocycles. The van der Waals surface area contributed by atoms with E-state index >= 15 is 0 Å². The lowest BCUT2D eigenvalue weighted by molar-refractivity contribution is -0.131. The van der Waals surface area contributed by atoms with Crippen LogP contribution in [0.3, 0.4) is 0 Å². The highest BCUT2D eigenvalue weighted by Gasteiger charge is 2.27. The molecule has 1 saturated heterocycles. The molecule has 2 aromatic carbocycles. The lowest BCUT2D eigenvalue weighted by Gasteiger charge is -2.30. The van der Waals surface area contributed by atoms with E-state index in [0.717, 1.165) is 23.2 Å². The third-order valence-corrected chi connectivity index (χ3v) is 5.08. The third-order valence-electron chi connectivity index (χ3n) is 5.08. The number of nitrogens with zero attached hydrogens (tertiary/aromatic N) is 2. The van der Waals surface area contributed by atoms with Gasteiger partial charge < -0.3 is 14.6 Å². The molecular weight excluding hydrogens is 380 g/mol. The number of piperidine rings is 1. The smallest absolute Gasteiger partial charge is 0.254 e. The second kappa shape index (κ2) is 7.98. The molecule has 6 nitrogen and oxygen atoms in total. The fraction of sp³-hybridized carbons (Fsp3) is 0.286. The first-order valence-electron chi connectivity index (χ1n) is 9.38. The van der Waals surface area contributed by atoms with E-state index in [-0.39, 0.29) is 23.9 Å². The molecule has 1 N–H and O–H groups in total. The summed E-state index contributed by atoms with van der Waals surface area (Å²) in [5, 5.41) is 2.39. The minimum absolute atomic E-state index is 0.134. The van der Waals surface area contributed by atoms with E-state index in [9.17, 15) is 18.4 Å². The summed E-state index contributed by atoms with van der Waals surface area (Å²) in [5.41, 5.74) is 1.27. The molecular formula is C21H19F2N3O3. The monoisotopic (exact) mass is 399 g/mol. The number of fused-ring (bicyclic) bond motifs is 1. The molecule has 1 aliphatic rings. The van der Waals surface area contributed by atoms with Crippen LogP contribution < -0.4 is 5.32 Å². The summed E-state index contributed by atoms with van der Waals surface area (Å²) in [6.45, 7) is 0.787. The lowest BCUT2D eigenvalue weighted by Crippen LogP contribution is -2.43. The molecule has 4 rings (SSSR count). The number of hydrogen-bond donors (Lipinski definition) is 1. The van der Waals surface area contributed by atoms with Crippen molar-refractivity contribution in [3.05, 3.63) is 65.6 Å². The summed E-state index contributed by atoms with van der Waals surface area (Å²) in [7, 11) is 0. The van der Waals surface area contributed by atoms with Gasteiger partial charge in [0.15, 0.2) is 11.5 Å². The number of benzene rings is 2. The van der Waals surface area contributed by atoms with Gasteiger partial charge in [-0.15, -0.1) is 0 Å². The molecule has 1 fully saturated rings. The topological polar surface area (TPSA) is 75.4 Å². The van der Waals surface area contributed by atoms with E-state index < -0.39 is 17.5 Å². The molecule has 0 spiro atoms. The van der Waals surface area contributed by atoms with Gasteiger partial charge in [0.2, 0.25) is 5.91 Å². The molecule has 2 heterocycles. The van der Waals surface area contributed by atoms with Gasteiger partial charge in [0.05, 0.1) is 12.1 Å². The Morgan fingerprint density at radius 1 is 1.14 bits per heavy atom. The Balaban J connectivity index is 1.30. The van der Waals surface area contributed by atoms with Crippen molar-refractivity contribution < 1.29 is 22.8 Å². The summed E-state index contributed by atoms with van der Waals surface area (Å²) in [6, 6.07) is 10.2. The number of likely N-dealkylation sites (tertiary alicyclic amines) is 1. The minimum Gasteiger partial charge on any atom is -0.440 e. The maximum absolute atomic E-state index is 13.7. The van der Waals surface area contributed by atoms with Gasteiger partial charge in [0.25, 0.3) is 5.91 Å². The Bertz CT molecular complexity index is 1030. The van der Waals surface area contributed by atoms with Crippen LogP contribution in [0.5, 0.6) is 0 Å². The second-order valence-corrected chi connectivity index (χ2v) is 6.98. The van der Waals surface area contributed by atoms with Crippen molar-refractivity contribution in [1.82, 2.24) is 15.2 Å². The van der Waals surface area contributed by atoms with E-state index in [2.05, 4.69) is 10.3 Å². The van der Waals surface area contributed by atoms with Crippen LogP contribution >= 0.6 is 0 Å². The second-order valence-electron chi connectivity index (χ2n) is 6.98. The molecule has 2 amide bonds. The van der Waals surface area contributed by atoms with Gasteiger partial charge in [-0.3, -0.25) is 9.59 Å². The van der Waals surface area contributed by atoms with E-state index in [1.165, 1.54) is 0 Å². The highest BCUT2D eigenvalue weighted by molar-refractivity contribution is 5.96. The summed E-state index contributed by atoms with van der Waals surface area (Å²) in [6.07, 6.45) is 1.41. The predicted octanol–water partition coefficient (Wildman–Crippen LogP) is 3.24. The molecule has 0 radical (unpaired) electrons. The Morgan fingerprint density at radius 2 is 1.90 bits per heavy atom. The number of carbonyl (C=O) groups is 2. The van der Waals surface area contributed by atoms with Gasteiger partial charge in [-0.05, 0) is 37.1 Å². The summed E-state index contributed by atoms with van der Waals surface area (Å²) < 4.78 is 32.4. The van der Waals surface area contributed by atoms with E-state index in [0.29, 0.717) is 37.9 Å². The maximum Gasteiger partial charge on any atom is 0.254 e. The van der Waals surface area contributed by atoms with Crippen LogP contribution in [0.2, 0.25) is 0 Å². The molecule has 3 aromatic rings. The average Bonchev–Trinajstić information content (AvgIpc) is 3.16. The number of hydrogen-bond acceptors (Lipinski definition) is 4. The van der Waals surface area contributed by atoms with Crippen LogP contribution in [0, 0.1) is 11.6 Å². The normalized spacial score (nSPS) is 14.9. The first-order valence-corrected chi connectivity index (χ1v) is 9.38. The van der Waals surface area contributed by atoms with Crippen molar-refractivity contribution in [3.63, 3.8) is 0 Å². The number of halogens is 2. The van der Waals surface area contributed by atoms with Crippen molar-refractivity contribution in [2.75, 3.05) is 19.6 Å². The summed E-state index contributed by atoms with van der Waals surface area (Å²) in [5.74, 6) is -1.92. The van der Waals surface area contributed by atoms with Crippen LogP contribution in [0.25, 0.3) is 11.1 Å². The molecule has 1 aromatic heterocycles. The van der Waals surface area contributed by atoms with Crippen molar-refractivity contribution in [1.29, 1.82) is 0 Å². The number of nitrogens with one attached hydrogen (secondary N) is 1. The number of carbonyl (C=O) groups excluding carboxylic acids is 2. The zero-order valence-corrected chi connectivity index (χ0v) is 15.5. The van der Waals surface area contributed by atoms with Gasteiger partial charge in [-0.25, -0.2) is 13.8 Å². The third kappa shape index (κ3) is 4.11. The fourth-order valence-corrected chi connectivity index (χ4v) is 3.48. The van der Waals surface area contributed by atoms with E-state index in [1.54, 1.807) is 4.90 Å². The van der Waals surface area contributed by atoms with Gasteiger partial charge in [-0.1, -0.05) is 12.1 Å². The van der Waals surface area contributed by atoms with Gasteiger partial charge >= 0.3 is 0 Å². The quantitative estimate of drug-likeness (QED) is 0.731. The van der Waals surface area contributed by atoms with Crippen LogP contribution in [0.15, 0.2) is 46.9 Å². The molecule has 0 bridgehead atoms. The number of oxazole rings is 1. The maximum atomic E-state index is 13.7. The van der Waals surface area contributed by atoms with E-state index in [1.807, 2.05) is 24.3 Å². The number of rotatable bonds is 4. The number of para-hydroxylation sites is 2. The number of amides is 2. The van der Waals surface area contributed by atoms with E-state index in [4.69, 9.17) is 4.42 Å². The van der Waals surface area contributed by atoms with Crippen LogP contribution in [0.1, 0.15) is 35.0 Å². The van der Waals surface area contributed by atoms with Crippen LogP contribution in [-0.2, 0) is 4.79 Å². The van der Waals surface area contributed by atoms with Crippen molar-refractivity contribution in [2.24, 2.45) is 0 Å². The first kappa shape index (κ1) is 19.0. The fourth-order valence-electron chi connectivity index (χ4n) is 3.48. The van der Waals surface area contributed by atoms with Crippen molar-refractivity contribution in [2.45, 2.75) is 18.8 Å². The lowest BCUT2D eigenvalue weighted by atomic mass is 9.97. The standard InChI is InChI=1S/C21H19F2N3O3/c22-14-5-6-15(16(23)11-14)20(28)24-12-19(27)26-9-7-13(8-10-26)21-25-17-3-1-2-4-18(17)29-21/h1-6,11,13H,7-10,12H2,(H,24,28).